The molecule has 6 nitrogen and oxygen atoms in total. The molecular weight excluding hydrogens is 362 g/mol. The van der Waals surface area contributed by atoms with E-state index >= 15 is 0 Å². The number of para-hydroxylation sites is 1. The molecule has 1 fully saturated rings. The average Bonchev–Trinajstić information content (AvgIpc) is 2.79. The normalized spacial score (nSPS) is 14.8. The number of carbonyl (C=O) groups is 1. The molecule has 4 rings (SSSR count). The molecule has 0 atom stereocenters. The Balaban J connectivity index is 1.75. The average molecular weight is 390 g/mol. The molecule has 150 valence electrons. The molecule has 3 aromatic rings. The fourth-order valence-electron chi connectivity index (χ4n) is 4.13. The van der Waals surface area contributed by atoms with Crippen molar-refractivity contribution in [3.05, 3.63) is 72.4 Å². The molecule has 2 amide bonds. The van der Waals surface area contributed by atoms with Crippen molar-refractivity contribution in [3.8, 4) is 0 Å². The number of hydrogen-bond donors (Lipinski definition) is 2. The fourth-order valence-corrected chi connectivity index (χ4v) is 4.13. The summed E-state index contributed by atoms with van der Waals surface area (Å²) < 4.78 is 0. The van der Waals surface area contributed by atoms with E-state index < -0.39 is 0 Å². The van der Waals surface area contributed by atoms with Gasteiger partial charge in [0.1, 0.15) is 0 Å². The van der Waals surface area contributed by atoms with Gasteiger partial charge in [0.15, 0.2) is 0 Å². The van der Waals surface area contributed by atoms with Gasteiger partial charge in [-0.1, -0.05) is 67.8 Å². The summed E-state index contributed by atoms with van der Waals surface area (Å²) in [6, 6.07) is 20.1. The summed E-state index contributed by atoms with van der Waals surface area (Å²) in [5.41, 5.74) is 5.10. The zero-order valence-corrected chi connectivity index (χ0v) is 16.5. The van der Waals surface area contributed by atoms with Crippen LogP contribution in [-0.4, -0.2) is 22.1 Å². The smallest absolute Gasteiger partial charge is 0.274 e. The minimum Gasteiger partial charge on any atom is -0.274 e. The van der Waals surface area contributed by atoms with E-state index in [9.17, 15) is 4.79 Å². The molecule has 0 saturated heterocycles. The first-order chi connectivity index (χ1) is 14.3. The second kappa shape index (κ2) is 9.03. The maximum absolute atomic E-state index is 12.9. The van der Waals surface area contributed by atoms with Gasteiger partial charge in [-0.3, -0.25) is 10.4 Å². The highest BCUT2D eigenvalue weighted by Crippen LogP contribution is 2.29. The van der Waals surface area contributed by atoms with Crippen LogP contribution in [0.2, 0.25) is 0 Å². The summed E-state index contributed by atoms with van der Waals surface area (Å²) in [6.07, 6.45) is 7.45. The number of nitrogens with zero attached hydrogens (tertiary/aromatic N) is 3. The summed E-state index contributed by atoms with van der Waals surface area (Å²) in [6.45, 7) is 0.631. The Morgan fingerprint density at radius 1 is 1.03 bits per heavy atom. The first-order valence-corrected chi connectivity index (χ1v) is 10.2. The molecule has 1 aliphatic rings. The van der Waals surface area contributed by atoms with Gasteiger partial charge in [0, 0.05) is 18.0 Å². The van der Waals surface area contributed by atoms with Gasteiger partial charge >= 0.3 is 6.03 Å². The largest absolute Gasteiger partial charge is 0.350 e. The van der Waals surface area contributed by atoms with Crippen LogP contribution in [0.25, 0.3) is 10.9 Å². The van der Waals surface area contributed by atoms with Crippen LogP contribution in [0.15, 0.2) is 66.9 Å². The molecule has 0 spiro atoms. The number of fused-ring (bicyclic) bond motifs is 1. The van der Waals surface area contributed by atoms with Gasteiger partial charge in [0.05, 0.1) is 17.4 Å². The summed E-state index contributed by atoms with van der Waals surface area (Å²) in [5, 5.41) is 4.81. The van der Waals surface area contributed by atoms with Crippen LogP contribution in [0.1, 0.15) is 37.7 Å². The zero-order chi connectivity index (χ0) is 20.1. The van der Waals surface area contributed by atoms with E-state index in [-0.39, 0.29) is 12.1 Å². The highest BCUT2D eigenvalue weighted by atomic mass is 16.2. The number of anilines is 1. The van der Waals surface area contributed by atoms with Crippen molar-refractivity contribution in [2.75, 3.05) is 5.01 Å². The van der Waals surface area contributed by atoms with Gasteiger partial charge in [-0.15, -0.1) is 0 Å². The Hall–Kier alpha value is -2.96. The predicted octanol–water partition coefficient (Wildman–Crippen LogP) is 4.37. The van der Waals surface area contributed by atoms with E-state index in [0.717, 1.165) is 29.3 Å². The highest BCUT2D eigenvalue weighted by molar-refractivity contribution is 5.93. The van der Waals surface area contributed by atoms with Gasteiger partial charge in [-0.25, -0.2) is 20.7 Å². The topological polar surface area (TPSA) is 74.5 Å². The second-order valence-electron chi connectivity index (χ2n) is 7.52. The van der Waals surface area contributed by atoms with E-state index in [2.05, 4.69) is 27.6 Å². The van der Waals surface area contributed by atoms with Crippen molar-refractivity contribution in [2.45, 2.75) is 44.7 Å². The lowest BCUT2D eigenvalue weighted by Crippen LogP contribution is -2.56. The number of rotatable bonds is 5. The van der Waals surface area contributed by atoms with Crippen LogP contribution in [0.3, 0.4) is 0 Å². The molecular formula is C23H27N5O. The third kappa shape index (κ3) is 4.39. The molecule has 1 aliphatic carbocycles. The van der Waals surface area contributed by atoms with Crippen LogP contribution in [0.4, 0.5) is 10.5 Å². The lowest BCUT2D eigenvalue weighted by molar-refractivity contribution is 0.134. The number of nitrogens with two attached hydrogens (primary N) is 1. The molecule has 0 bridgehead atoms. The minimum atomic E-state index is -0.358. The third-order valence-electron chi connectivity index (χ3n) is 5.58. The van der Waals surface area contributed by atoms with Crippen LogP contribution in [0.5, 0.6) is 0 Å². The number of nitrogens with one attached hydrogen (secondary N) is 1. The number of carbonyl (C=O) groups excluding carboxylic acids is 1. The molecule has 1 saturated carbocycles. The highest BCUT2D eigenvalue weighted by Gasteiger charge is 2.31. The molecule has 6 heteroatoms. The van der Waals surface area contributed by atoms with Crippen molar-refractivity contribution >= 4 is 22.6 Å². The van der Waals surface area contributed by atoms with Crippen LogP contribution in [0, 0.1) is 0 Å². The summed E-state index contributed by atoms with van der Waals surface area (Å²) in [5.74, 6) is 5.60. The molecule has 0 radical (unpaired) electrons. The number of aromatic nitrogens is 1. The monoisotopic (exact) mass is 389 g/mol. The lowest BCUT2D eigenvalue weighted by atomic mass is 9.94. The van der Waals surface area contributed by atoms with Gasteiger partial charge < -0.3 is 0 Å². The fraction of sp³-hybridized carbons (Fsp3) is 0.304. The standard InChI is InChI=1S/C23H27N5O/c24-26-23(29)28(21-15-19-11-7-8-14-22(19)25-16-21)27(20-12-5-2-6-13-20)17-18-9-3-1-4-10-18/h1,3-4,7-11,14-16,20H,2,5-6,12-13,17,24H2,(H,26,29). The van der Waals surface area contributed by atoms with Gasteiger partial charge in [-0.05, 0) is 30.5 Å². The van der Waals surface area contributed by atoms with E-state index in [1.807, 2.05) is 48.5 Å². The lowest BCUT2D eigenvalue weighted by Gasteiger charge is -2.41. The Morgan fingerprint density at radius 2 is 1.76 bits per heavy atom. The predicted molar refractivity (Wildman–Crippen MR) is 116 cm³/mol. The van der Waals surface area contributed by atoms with Crippen molar-refractivity contribution in [2.24, 2.45) is 5.84 Å². The number of hydrogen-bond acceptors (Lipinski definition) is 4. The van der Waals surface area contributed by atoms with Crippen molar-refractivity contribution in [3.63, 3.8) is 0 Å². The van der Waals surface area contributed by atoms with E-state index in [4.69, 9.17) is 5.84 Å². The second-order valence-corrected chi connectivity index (χ2v) is 7.52. The van der Waals surface area contributed by atoms with Gasteiger partial charge in [0.25, 0.3) is 0 Å². The number of benzene rings is 2. The molecule has 0 aliphatic heterocycles. The Kier molecular flexibility index (Phi) is 6.03. The maximum atomic E-state index is 12.9. The Labute approximate surface area is 171 Å². The summed E-state index contributed by atoms with van der Waals surface area (Å²) in [7, 11) is 0. The van der Waals surface area contributed by atoms with Gasteiger partial charge in [-0.2, -0.15) is 0 Å². The number of amides is 2. The van der Waals surface area contributed by atoms with Gasteiger partial charge in [0.2, 0.25) is 0 Å². The molecule has 3 N–H and O–H groups in total. The number of pyridine rings is 1. The molecule has 0 unspecified atom stereocenters. The Bertz CT molecular complexity index is 956. The molecule has 2 aromatic carbocycles. The maximum Gasteiger partial charge on any atom is 0.350 e. The third-order valence-corrected chi connectivity index (χ3v) is 5.58. The van der Waals surface area contributed by atoms with Crippen molar-refractivity contribution < 1.29 is 4.79 Å². The first kappa shape index (κ1) is 19.4. The number of urea groups is 1. The summed E-state index contributed by atoms with van der Waals surface area (Å²) in [4.78, 5) is 17.5. The summed E-state index contributed by atoms with van der Waals surface area (Å²) >= 11 is 0. The van der Waals surface area contributed by atoms with Crippen LogP contribution < -0.4 is 16.3 Å². The van der Waals surface area contributed by atoms with E-state index in [0.29, 0.717) is 12.2 Å². The molecule has 1 aromatic heterocycles. The van der Waals surface area contributed by atoms with Crippen LogP contribution in [-0.2, 0) is 6.54 Å². The van der Waals surface area contributed by atoms with Crippen molar-refractivity contribution in [1.82, 2.24) is 15.4 Å². The van der Waals surface area contributed by atoms with E-state index in [1.54, 1.807) is 11.2 Å². The molecule has 29 heavy (non-hydrogen) atoms. The zero-order valence-electron chi connectivity index (χ0n) is 16.5. The van der Waals surface area contributed by atoms with Crippen LogP contribution >= 0.6 is 0 Å². The quantitative estimate of drug-likeness (QED) is 0.386. The molecule has 1 heterocycles. The minimum absolute atomic E-state index is 0.271. The van der Waals surface area contributed by atoms with E-state index in [1.165, 1.54) is 19.3 Å². The van der Waals surface area contributed by atoms with Crippen molar-refractivity contribution in [1.29, 1.82) is 0 Å². The Morgan fingerprint density at radius 3 is 2.52 bits per heavy atom. The SMILES string of the molecule is NNC(=O)N(c1cnc2ccccc2c1)N(Cc1ccccc1)C1CCCCC1. The number of hydrazine groups is 2. The first-order valence-electron chi connectivity index (χ1n) is 10.2.